The molecule has 1 aromatic carbocycles. The summed E-state index contributed by atoms with van der Waals surface area (Å²) in [4.78, 5) is 0. The van der Waals surface area contributed by atoms with Crippen LogP contribution in [0.4, 0.5) is 5.69 Å². The molecule has 0 spiro atoms. The first kappa shape index (κ1) is 6.49. The highest BCUT2D eigenvalue weighted by Gasteiger charge is 2.27. The summed E-state index contributed by atoms with van der Waals surface area (Å²) in [6.07, 6.45) is 0. The van der Waals surface area contributed by atoms with Crippen LogP contribution in [0.2, 0.25) is 0 Å². The highest BCUT2D eigenvalue weighted by atomic mass is 15.2. The van der Waals surface area contributed by atoms with E-state index >= 15 is 0 Å². The average molecular weight is 147 g/mol. The highest BCUT2D eigenvalue weighted by molar-refractivity contribution is 5.51. The van der Waals surface area contributed by atoms with Crippen molar-refractivity contribution in [2.75, 3.05) is 0 Å². The molecule has 0 saturated heterocycles. The lowest BCUT2D eigenvalue weighted by atomic mass is 10.0. The van der Waals surface area contributed by atoms with E-state index in [0.717, 1.165) is 11.3 Å². The Kier molecular flexibility index (Phi) is 1.11. The molecule has 1 atom stereocenters. The Bertz CT molecular complexity index is 315. The molecule has 0 radical (unpaired) electrons. The maximum Gasteiger partial charge on any atom is 0.154 e. The van der Waals surface area contributed by atoms with E-state index in [1.165, 1.54) is 0 Å². The molecule has 0 amide bonds. The Morgan fingerprint density at radius 2 is 2.09 bits per heavy atom. The minimum absolute atomic E-state index is 0.614. The molecular weight excluding hydrogens is 138 g/mol. The summed E-state index contributed by atoms with van der Waals surface area (Å²) < 4.78 is 0. The molecule has 1 aromatic rings. The topological polar surface area (TPSA) is 50.7 Å². The predicted octanol–water partition coefficient (Wildman–Crippen LogP) is 1.92. The number of azo groups is 1. The van der Waals surface area contributed by atoms with Gasteiger partial charge in [0.2, 0.25) is 0 Å². The molecule has 11 heavy (non-hydrogen) atoms. The molecule has 0 fully saturated rings. The van der Waals surface area contributed by atoms with Gasteiger partial charge in [0.1, 0.15) is 0 Å². The van der Waals surface area contributed by atoms with Crippen LogP contribution >= 0.6 is 0 Å². The SMILES string of the molecule is CC1(N)N=Nc2ccccc21. The number of nitrogens with two attached hydrogens (primary N) is 1. The van der Waals surface area contributed by atoms with E-state index in [9.17, 15) is 0 Å². The van der Waals surface area contributed by atoms with E-state index in [1.54, 1.807) is 0 Å². The summed E-state index contributed by atoms with van der Waals surface area (Å²) >= 11 is 0. The van der Waals surface area contributed by atoms with E-state index in [1.807, 2.05) is 31.2 Å². The van der Waals surface area contributed by atoms with Gasteiger partial charge in [-0.15, -0.1) is 0 Å². The van der Waals surface area contributed by atoms with Crippen LogP contribution < -0.4 is 5.73 Å². The largest absolute Gasteiger partial charge is 0.302 e. The average Bonchev–Trinajstić information content (AvgIpc) is 2.29. The fourth-order valence-electron chi connectivity index (χ4n) is 1.20. The number of fused-ring (bicyclic) bond motifs is 1. The molecule has 56 valence electrons. The standard InChI is InChI=1S/C8H9N3/c1-8(9)6-4-2-3-5-7(6)10-11-8/h2-5H,9H2,1H3. The van der Waals surface area contributed by atoms with Crippen LogP contribution in [0.15, 0.2) is 34.5 Å². The number of hydrogen-bond donors (Lipinski definition) is 1. The van der Waals surface area contributed by atoms with Crippen molar-refractivity contribution in [2.45, 2.75) is 12.6 Å². The van der Waals surface area contributed by atoms with Crippen LogP contribution in [-0.4, -0.2) is 0 Å². The van der Waals surface area contributed by atoms with Crippen LogP contribution in [0.25, 0.3) is 0 Å². The smallest absolute Gasteiger partial charge is 0.154 e. The van der Waals surface area contributed by atoms with Gasteiger partial charge in [-0.05, 0) is 13.0 Å². The first-order valence-corrected chi connectivity index (χ1v) is 3.51. The quantitative estimate of drug-likeness (QED) is 0.598. The van der Waals surface area contributed by atoms with Gasteiger partial charge < -0.3 is 5.73 Å². The minimum Gasteiger partial charge on any atom is -0.302 e. The van der Waals surface area contributed by atoms with Crippen molar-refractivity contribution in [3.05, 3.63) is 29.8 Å². The van der Waals surface area contributed by atoms with Gasteiger partial charge in [0, 0.05) is 5.56 Å². The Balaban J connectivity index is 2.64. The maximum absolute atomic E-state index is 5.83. The summed E-state index contributed by atoms with van der Waals surface area (Å²) in [5.74, 6) is 0. The molecule has 1 aliphatic rings. The lowest BCUT2D eigenvalue weighted by molar-refractivity contribution is 0.522. The lowest BCUT2D eigenvalue weighted by Crippen LogP contribution is -2.27. The first-order valence-electron chi connectivity index (χ1n) is 3.51. The molecule has 0 aromatic heterocycles. The zero-order valence-electron chi connectivity index (χ0n) is 6.28. The molecule has 3 heteroatoms. The number of benzene rings is 1. The van der Waals surface area contributed by atoms with E-state index in [2.05, 4.69) is 10.2 Å². The summed E-state index contributed by atoms with van der Waals surface area (Å²) in [5, 5.41) is 7.89. The second-order valence-electron chi connectivity index (χ2n) is 2.86. The second-order valence-corrected chi connectivity index (χ2v) is 2.86. The molecule has 2 rings (SSSR count). The molecule has 2 N–H and O–H groups in total. The molecule has 1 heterocycles. The van der Waals surface area contributed by atoms with Gasteiger partial charge in [-0.2, -0.15) is 10.2 Å². The lowest BCUT2D eigenvalue weighted by Gasteiger charge is -2.12. The van der Waals surface area contributed by atoms with E-state index < -0.39 is 5.66 Å². The van der Waals surface area contributed by atoms with Gasteiger partial charge in [0.05, 0.1) is 5.69 Å². The van der Waals surface area contributed by atoms with Gasteiger partial charge in [0.25, 0.3) is 0 Å². The van der Waals surface area contributed by atoms with Crippen LogP contribution in [0, 0.1) is 0 Å². The zero-order chi connectivity index (χ0) is 7.90. The van der Waals surface area contributed by atoms with E-state index in [0.29, 0.717) is 0 Å². The third-order valence-corrected chi connectivity index (χ3v) is 1.81. The summed E-state index contributed by atoms with van der Waals surface area (Å²) in [6, 6.07) is 7.74. The minimum atomic E-state index is -0.614. The van der Waals surface area contributed by atoms with Crippen LogP contribution in [0.5, 0.6) is 0 Å². The van der Waals surface area contributed by atoms with Gasteiger partial charge >= 0.3 is 0 Å². The van der Waals surface area contributed by atoms with Crippen LogP contribution in [0.1, 0.15) is 12.5 Å². The monoisotopic (exact) mass is 147 g/mol. The molecule has 0 saturated carbocycles. The third kappa shape index (κ3) is 0.851. The van der Waals surface area contributed by atoms with Gasteiger partial charge in [0.15, 0.2) is 5.66 Å². The summed E-state index contributed by atoms with van der Waals surface area (Å²) in [7, 11) is 0. The van der Waals surface area contributed by atoms with Crippen molar-refractivity contribution in [1.29, 1.82) is 0 Å². The molecule has 1 unspecified atom stereocenters. The van der Waals surface area contributed by atoms with Gasteiger partial charge in [-0.25, -0.2) is 0 Å². The zero-order valence-corrected chi connectivity index (χ0v) is 6.28. The number of rotatable bonds is 0. The molecule has 0 aliphatic carbocycles. The van der Waals surface area contributed by atoms with Crippen molar-refractivity contribution in [1.82, 2.24) is 0 Å². The highest BCUT2D eigenvalue weighted by Crippen LogP contribution is 2.35. The van der Waals surface area contributed by atoms with E-state index in [-0.39, 0.29) is 0 Å². The van der Waals surface area contributed by atoms with Gasteiger partial charge in [-0.3, -0.25) is 0 Å². The fraction of sp³-hybridized carbons (Fsp3) is 0.250. The molecular formula is C8H9N3. The Morgan fingerprint density at radius 3 is 2.82 bits per heavy atom. The van der Waals surface area contributed by atoms with E-state index in [4.69, 9.17) is 5.73 Å². The second kappa shape index (κ2) is 1.89. The first-order chi connectivity index (χ1) is 5.20. The fourth-order valence-corrected chi connectivity index (χ4v) is 1.20. The van der Waals surface area contributed by atoms with Crippen molar-refractivity contribution >= 4 is 5.69 Å². The third-order valence-electron chi connectivity index (χ3n) is 1.81. The Hall–Kier alpha value is -1.22. The van der Waals surface area contributed by atoms with Crippen LogP contribution in [-0.2, 0) is 5.66 Å². The van der Waals surface area contributed by atoms with Crippen molar-refractivity contribution < 1.29 is 0 Å². The Morgan fingerprint density at radius 1 is 1.36 bits per heavy atom. The summed E-state index contributed by atoms with van der Waals surface area (Å²) in [6.45, 7) is 1.85. The molecule has 3 nitrogen and oxygen atoms in total. The normalized spacial score (nSPS) is 27.1. The number of nitrogens with zero attached hydrogens (tertiary/aromatic N) is 2. The van der Waals surface area contributed by atoms with Crippen molar-refractivity contribution in [3.8, 4) is 0 Å². The van der Waals surface area contributed by atoms with Crippen molar-refractivity contribution in [2.24, 2.45) is 16.0 Å². The Labute approximate surface area is 64.9 Å². The summed E-state index contributed by atoms with van der Waals surface area (Å²) in [5.41, 5.74) is 7.10. The number of hydrogen-bond acceptors (Lipinski definition) is 3. The molecule has 0 bridgehead atoms. The van der Waals surface area contributed by atoms with Crippen LogP contribution in [0.3, 0.4) is 0 Å². The van der Waals surface area contributed by atoms with Crippen molar-refractivity contribution in [3.63, 3.8) is 0 Å². The molecule has 1 aliphatic heterocycles. The predicted molar refractivity (Wildman–Crippen MR) is 42.5 cm³/mol. The maximum atomic E-state index is 5.83. The van der Waals surface area contributed by atoms with Gasteiger partial charge in [-0.1, -0.05) is 18.2 Å².